The van der Waals surface area contributed by atoms with Gasteiger partial charge in [0.05, 0.1) is 13.0 Å². The first-order valence-electron chi connectivity index (χ1n) is 10.9. The van der Waals surface area contributed by atoms with Crippen molar-refractivity contribution < 1.29 is 23.9 Å². The zero-order valence-electron chi connectivity index (χ0n) is 18.3. The SMILES string of the molecule is CCOC(=O)[C@H](NC=O)[C@@H](OC(=O)CC1c2ccccc2-c2ccccc21)c1ccccc1. The van der Waals surface area contributed by atoms with Crippen molar-refractivity contribution in [3.05, 3.63) is 95.6 Å². The van der Waals surface area contributed by atoms with Crippen molar-refractivity contribution in [2.75, 3.05) is 6.61 Å². The van der Waals surface area contributed by atoms with E-state index >= 15 is 0 Å². The van der Waals surface area contributed by atoms with Crippen molar-refractivity contribution >= 4 is 18.3 Å². The smallest absolute Gasteiger partial charge is 0.332 e. The average molecular weight is 443 g/mol. The molecule has 0 aromatic heterocycles. The molecule has 1 aliphatic carbocycles. The summed E-state index contributed by atoms with van der Waals surface area (Å²) in [6, 6.07) is 23.8. The van der Waals surface area contributed by atoms with Crippen molar-refractivity contribution in [3.63, 3.8) is 0 Å². The molecule has 0 fully saturated rings. The van der Waals surface area contributed by atoms with Crippen LogP contribution in [0.4, 0.5) is 0 Å². The van der Waals surface area contributed by atoms with Gasteiger partial charge >= 0.3 is 11.9 Å². The summed E-state index contributed by atoms with van der Waals surface area (Å²) in [6.07, 6.45) is -0.502. The van der Waals surface area contributed by atoms with Crippen LogP contribution in [0, 0.1) is 0 Å². The monoisotopic (exact) mass is 443 g/mol. The van der Waals surface area contributed by atoms with Gasteiger partial charge in [-0.2, -0.15) is 0 Å². The van der Waals surface area contributed by atoms with E-state index in [4.69, 9.17) is 9.47 Å². The quantitative estimate of drug-likeness (QED) is 0.397. The van der Waals surface area contributed by atoms with Gasteiger partial charge in [-0.1, -0.05) is 78.9 Å². The minimum Gasteiger partial charge on any atom is -0.464 e. The van der Waals surface area contributed by atoms with E-state index in [1.807, 2.05) is 42.5 Å². The molecular formula is C27H25NO5. The summed E-state index contributed by atoms with van der Waals surface area (Å²) in [5, 5.41) is 2.46. The van der Waals surface area contributed by atoms with Crippen LogP contribution in [-0.4, -0.2) is 31.0 Å². The van der Waals surface area contributed by atoms with E-state index in [1.165, 1.54) is 0 Å². The summed E-state index contributed by atoms with van der Waals surface area (Å²) in [4.78, 5) is 37.0. The lowest BCUT2D eigenvalue weighted by Crippen LogP contribution is -2.44. The molecule has 2 atom stereocenters. The number of rotatable bonds is 9. The van der Waals surface area contributed by atoms with Crippen LogP contribution in [-0.2, 0) is 23.9 Å². The van der Waals surface area contributed by atoms with Gasteiger partial charge in [-0.25, -0.2) is 4.79 Å². The number of ether oxygens (including phenoxy) is 2. The molecular weight excluding hydrogens is 418 g/mol. The molecule has 0 saturated heterocycles. The molecule has 1 amide bonds. The fraction of sp³-hybridized carbons (Fsp3) is 0.222. The van der Waals surface area contributed by atoms with E-state index in [0.717, 1.165) is 22.3 Å². The van der Waals surface area contributed by atoms with Gasteiger partial charge in [0.2, 0.25) is 6.41 Å². The van der Waals surface area contributed by atoms with E-state index in [9.17, 15) is 14.4 Å². The number of carbonyl (C=O) groups excluding carboxylic acids is 3. The van der Waals surface area contributed by atoms with E-state index in [-0.39, 0.29) is 18.9 Å². The van der Waals surface area contributed by atoms with E-state index in [0.29, 0.717) is 12.0 Å². The van der Waals surface area contributed by atoms with Crippen LogP contribution < -0.4 is 5.32 Å². The van der Waals surface area contributed by atoms with Crippen LogP contribution in [0.15, 0.2) is 78.9 Å². The number of amides is 1. The number of nitrogens with one attached hydrogen (secondary N) is 1. The Kier molecular flexibility index (Phi) is 6.83. The summed E-state index contributed by atoms with van der Waals surface area (Å²) in [5.74, 6) is -1.29. The minimum absolute atomic E-state index is 0.105. The van der Waals surface area contributed by atoms with Crippen LogP contribution in [0.25, 0.3) is 11.1 Å². The number of carbonyl (C=O) groups is 3. The molecule has 6 heteroatoms. The van der Waals surface area contributed by atoms with Gasteiger partial charge in [0, 0.05) is 5.92 Å². The van der Waals surface area contributed by atoms with Crippen LogP contribution in [0.5, 0.6) is 0 Å². The van der Waals surface area contributed by atoms with Crippen LogP contribution >= 0.6 is 0 Å². The molecule has 3 aromatic carbocycles. The van der Waals surface area contributed by atoms with Gasteiger partial charge in [0.1, 0.15) is 0 Å². The van der Waals surface area contributed by atoms with E-state index in [1.54, 1.807) is 31.2 Å². The molecule has 0 saturated carbocycles. The molecule has 0 heterocycles. The number of fused-ring (bicyclic) bond motifs is 3. The van der Waals surface area contributed by atoms with Gasteiger partial charge < -0.3 is 14.8 Å². The predicted molar refractivity (Wildman–Crippen MR) is 123 cm³/mol. The normalized spacial score (nSPS) is 13.8. The highest BCUT2D eigenvalue weighted by atomic mass is 16.6. The molecule has 3 aromatic rings. The third-order valence-electron chi connectivity index (χ3n) is 5.81. The number of esters is 2. The minimum atomic E-state index is -1.16. The average Bonchev–Trinajstić information content (AvgIpc) is 3.16. The van der Waals surface area contributed by atoms with Gasteiger partial charge in [0.25, 0.3) is 0 Å². The van der Waals surface area contributed by atoms with Gasteiger partial charge in [-0.15, -0.1) is 0 Å². The van der Waals surface area contributed by atoms with Crippen molar-refractivity contribution in [2.45, 2.75) is 31.4 Å². The number of hydrogen-bond donors (Lipinski definition) is 1. The maximum atomic E-state index is 13.2. The molecule has 33 heavy (non-hydrogen) atoms. The summed E-state index contributed by atoms with van der Waals surface area (Å²) in [6.45, 7) is 1.81. The first-order chi connectivity index (χ1) is 16.1. The molecule has 0 spiro atoms. The van der Waals surface area contributed by atoms with Gasteiger partial charge in [-0.05, 0) is 34.7 Å². The molecule has 168 valence electrons. The molecule has 0 aliphatic heterocycles. The summed E-state index contributed by atoms with van der Waals surface area (Å²) in [5.41, 5.74) is 4.94. The highest BCUT2D eigenvalue weighted by molar-refractivity contribution is 5.83. The van der Waals surface area contributed by atoms with Crippen LogP contribution in [0.1, 0.15) is 42.1 Å². The first-order valence-corrected chi connectivity index (χ1v) is 10.9. The fourth-order valence-corrected chi connectivity index (χ4v) is 4.39. The highest BCUT2D eigenvalue weighted by Crippen LogP contribution is 2.46. The molecule has 1 aliphatic rings. The maximum Gasteiger partial charge on any atom is 0.332 e. The molecule has 0 unspecified atom stereocenters. The van der Waals surface area contributed by atoms with Crippen molar-refractivity contribution in [2.24, 2.45) is 0 Å². The van der Waals surface area contributed by atoms with Crippen molar-refractivity contribution in [3.8, 4) is 11.1 Å². The lowest BCUT2D eigenvalue weighted by Gasteiger charge is -2.26. The number of benzene rings is 3. The number of hydrogen-bond acceptors (Lipinski definition) is 5. The zero-order valence-corrected chi connectivity index (χ0v) is 18.3. The largest absolute Gasteiger partial charge is 0.464 e. The summed E-state index contributed by atoms with van der Waals surface area (Å²) >= 11 is 0. The second-order valence-electron chi connectivity index (χ2n) is 7.77. The highest BCUT2D eigenvalue weighted by Gasteiger charge is 2.36. The standard InChI is InChI=1S/C27H25NO5/c1-2-32-27(31)25(28-17-29)26(18-10-4-3-5-11-18)33-24(30)16-23-21-14-8-6-12-19(21)20-13-7-9-15-22(20)23/h3-15,17,23,25-26H,2,16H2,1H3,(H,28,29)/t25-,26+/m1/s1. The summed E-state index contributed by atoms with van der Waals surface area (Å²) < 4.78 is 11.0. The molecule has 4 rings (SSSR count). The molecule has 0 bridgehead atoms. The van der Waals surface area contributed by atoms with Gasteiger partial charge in [0.15, 0.2) is 12.1 Å². The zero-order chi connectivity index (χ0) is 23.2. The van der Waals surface area contributed by atoms with Crippen LogP contribution in [0.3, 0.4) is 0 Å². The summed E-state index contributed by atoms with van der Waals surface area (Å²) in [7, 11) is 0. The molecule has 0 radical (unpaired) electrons. The first kappa shape index (κ1) is 22.3. The second-order valence-corrected chi connectivity index (χ2v) is 7.77. The molecule has 1 N–H and O–H groups in total. The Hall–Kier alpha value is -3.93. The molecule has 6 nitrogen and oxygen atoms in total. The Balaban J connectivity index is 1.61. The van der Waals surface area contributed by atoms with E-state index < -0.39 is 24.1 Å². The lowest BCUT2D eigenvalue weighted by molar-refractivity contribution is -0.159. The van der Waals surface area contributed by atoms with Crippen molar-refractivity contribution in [1.29, 1.82) is 0 Å². The predicted octanol–water partition coefficient (Wildman–Crippen LogP) is 4.15. The maximum absolute atomic E-state index is 13.2. The van der Waals surface area contributed by atoms with Crippen molar-refractivity contribution in [1.82, 2.24) is 5.32 Å². The van der Waals surface area contributed by atoms with Gasteiger partial charge in [-0.3, -0.25) is 9.59 Å². The Bertz CT molecular complexity index is 1100. The van der Waals surface area contributed by atoms with E-state index in [2.05, 4.69) is 17.4 Å². The Morgan fingerprint density at radius 3 is 2.06 bits per heavy atom. The Morgan fingerprint density at radius 2 is 1.48 bits per heavy atom. The lowest BCUT2D eigenvalue weighted by atomic mass is 9.93. The fourth-order valence-electron chi connectivity index (χ4n) is 4.39. The van der Waals surface area contributed by atoms with Crippen LogP contribution in [0.2, 0.25) is 0 Å². The Morgan fingerprint density at radius 1 is 0.909 bits per heavy atom. The third-order valence-corrected chi connectivity index (χ3v) is 5.81. The Labute approximate surface area is 192 Å². The third kappa shape index (κ3) is 4.65. The topological polar surface area (TPSA) is 81.7 Å². The second kappa shape index (κ2) is 10.1.